The van der Waals surface area contributed by atoms with Gasteiger partial charge in [0.2, 0.25) is 5.91 Å². The Hall–Kier alpha value is -3.53. The first-order valence-corrected chi connectivity index (χ1v) is 9.72. The number of piperidine rings is 1. The van der Waals surface area contributed by atoms with E-state index in [4.69, 9.17) is 6.42 Å². The third-order valence-electron chi connectivity index (χ3n) is 4.67. The Morgan fingerprint density at radius 2 is 1.93 bits per heavy atom. The minimum Gasteiger partial charge on any atom is -0.357 e. The smallest absolute Gasteiger partial charge is 0.315 e. The second kappa shape index (κ2) is 10.1. The highest BCUT2D eigenvalue weighted by Gasteiger charge is 2.12. The molecule has 1 aromatic carbocycles. The number of benzene rings is 1. The predicted octanol–water partition coefficient (Wildman–Crippen LogP) is 2.49. The molecule has 29 heavy (non-hydrogen) atoms. The number of hydrogen-bond acceptors (Lipinski definition) is 4. The molecule has 3 rings (SSSR count). The normalized spacial score (nSPS) is 13.3. The Morgan fingerprint density at radius 1 is 1.10 bits per heavy atom. The number of urea groups is 1. The first-order valence-electron chi connectivity index (χ1n) is 9.72. The Kier molecular flexibility index (Phi) is 7.06. The molecule has 0 radical (unpaired) electrons. The first kappa shape index (κ1) is 20.2. The van der Waals surface area contributed by atoms with E-state index in [0.29, 0.717) is 17.8 Å². The van der Waals surface area contributed by atoms with Crippen molar-refractivity contribution in [1.82, 2.24) is 15.6 Å². The fraction of sp³-hybridized carbons (Fsp3) is 0.318. The highest BCUT2D eigenvalue weighted by molar-refractivity contribution is 5.94. The number of pyridine rings is 1. The van der Waals surface area contributed by atoms with Crippen LogP contribution in [-0.2, 0) is 11.3 Å². The molecule has 150 valence electrons. The minimum atomic E-state index is -0.408. The van der Waals surface area contributed by atoms with Gasteiger partial charge in [0.05, 0.1) is 6.54 Å². The summed E-state index contributed by atoms with van der Waals surface area (Å²) in [6, 6.07) is 10.4. The highest BCUT2D eigenvalue weighted by Crippen LogP contribution is 2.18. The summed E-state index contributed by atoms with van der Waals surface area (Å²) < 4.78 is 0. The fourth-order valence-electron chi connectivity index (χ4n) is 3.16. The number of terminal acetylenes is 1. The SMILES string of the molecule is C#Cc1cccc(NC(=O)CNC(=O)NCc2ccnc(N3CCCCC3)c2)c1. The monoisotopic (exact) mass is 391 g/mol. The summed E-state index contributed by atoms with van der Waals surface area (Å²) in [4.78, 5) is 30.7. The third kappa shape index (κ3) is 6.25. The molecule has 2 aromatic rings. The van der Waals surface area contributed by atoms with Gasteiger partial charge in [-0.1, -0.05) is 12.0 Å². The zero-order valence-electron chi connectivity index (χ0n) is 16.3. The van der Waals surface area contributed by atoms with Crippen molar-refractivity contribution in [3.8, 4) is 12.3 Å². The Morgan fingerprint density at radius 3 is 2.72 bits per heavy atom. The number of nitrogens with one attached hydrogen (secondary N) is 3. The molecule has 1 fully saturated rings. The fourth-order valence-corrected chi connectivity index (χ4v) is 3.16. The van der Waals surface area contributed by atoms with Crippen LogP contribution in [0, 0.1) is 12.3 Å². The Balaban J connectivity index is 1.42. The van der Waals surface area contributed by atoms with Crippen LogP contribution < -0.4 is 20.9 Å². The van der Waals surface area contributed by atoms with E-state index in [1.54, 1.807) is 30.5 Å². The van der Waals surface area contributed by atoms with Crippen molar-refractivity contribution in [3.63, 3.8) is 0 Å². The Labute approximate surface area is 170 Å². The van der Waals surface area contributed by atoms with E-state index in [2.05, 4.69) is 31.8 Å². The summed E-state index contributed by atoms with van der Waals surface area (Å²) in [5.74, 6) is 3.12. The van der Waals surface area contributed by atoms with Crippen LogP contribution >= 0.6 is 0 Å². The van der Waals surface area contributed by atoms with E-state index in [9.17, 15) is 9.59 Å². The van der Waals surface area contributed by atoms with Gasteiger partial charge in [-0.05, 0) is 55.2 Å². The van der Waals surface area contributed by atoms with Crippen molar-refractivity contribution >= 4 is 23.4 Å². The maximum Gasteiger partial charge on any atom is 0.315 e. The van der Waals surface area contributed by atoms with Crippen molar-refractivity contribution in [3.05, 3.63) is 53.7 Å². The number of hydrogen-bond donors (Lipinski definition) is 3. The van der Waals surface area contributed by atoms with Crippen LogP contribution in [0.25, 0.3) is 0 Å². The lowest BCUT2D eigenvalue weighted by atomic mass is 10.1. The maximum atomic E-state index is 12.0. The van der Waals surface area contributed by atoms with Gasteiger partial charge in [0.25, 0.3) is 0 Å². The molecule has 0 spiro atoms. The van der Waals surface area contributed by atoms with Crippen molar-refractivity contribution < 1.29 is 9.59 Å². The molecule has 0 aliphatic carbocycles. The number of carbonyl (C=O) groups is 2. The van der Waals surface area contributed by atoms with Crippen LogP contribution in [0.2, 0.25) is 0 Å². The van der Waals surface area contributed by atoms with Gasteiger partial charge < -0.3 is 20.9 Å². The summed E-state index contributed by atoms with van der Waals surface area (Å²) >= 11 is 0. The summed E-state index contributed by atoms with van der Waals surface area (Å²) in [5.41, 5.74) is 2.23. The van der Waals surface area contributed by atoms with Crippen LogP contribution in [0.5, 0.6) is 0 Å². The summed E-state index contributed by atoms with van der Waals surface area (Å²) in [6.45, 7) is 2.26. The van der Waals surface area contributed by atoms with Crippen LogP contribution in [0.3, 0.4) is 0 Å². The number of anilines is 2. The molecule has 3 N–H and O–H groups in total. The van der Waals surface area contributed by atoms with Gasteiger partial charge in [0.15, 0.2) is 0 Å². The van der Waals surface area contributed by atoms with Gasteiger partial charge in [-0.15, -0.1) is 6.42 Å². The zero-order valence-corrected chi connectivity index (χ0v) is 16.3. The molecular formula is C22H25N5O2. The molecule has 3 amide bonds. The average Bonchev–Trinajstić information content (AvgIpc) is 2.77. The first-order chi connectivity index (χ1) is 14.1. The molecule has 1 saturated heterocycles. The van der Waals surface area contributed by atoms with Gasteiger partial charge in [0, 0.05) is 37.1 Å². The standard InChI is InChI=1S/C22H25N5O2/c1-2-17-7-6-8-19(13-17)26-21(28)16-25-22(29)24-15-18-9-10-23-20(14-18)27-11-4-3-5-12-27/h1,6-10,13-14H,3-5,11-12,15-16H2,(H,26,28)(H2,24,25,29). The topological polar surface area (TPSA) is 86.4 Å². The van der Waals surface area contributed by atoms with Crippen molar-refractivity contribution in [1.29, 1.82) is 0 Å². The van der Waals surface area contributed by atoms with E-state index < -0.39 is 6.03 Å². The van der Waals surface area contributed by atoms with Crippen LogP contribution in [0.15, 0.2) is 42.6 Å². The second-order valence-electron chi connectivity index (χ2n) is 6.88. The number of carbonyl (C=O) groups excluding carboxylic acids is 2. The van der Waals surface area contributed by atoms with Gasteiger partial charge in [-0.25, -0.2) is 9.78 Å². The average molecular weight is 391 g/mol. The predicted molar refractivity (Wildman–Crippen MR) is 114 cm³/mol. The molecular weight excluding hydrogens is 366 g/mol. The minimum absolute atomic E-state index is 0.137. The molecule has 0 bridgehead atoms. The van der Waals surface area contributed by atoms with Crippen molar-refractivity contribution in [2.75, 3.05) is 29.9 Å². The van der Waals surface area contributed by atoms with Crippen molar-refractivity contribution in [2.45, 2.75) is 25.8 Å². The lowest BCUT2D eigenvalue weighted by Crippen LogP contribution is -2.39. The van der Waals surface area contributed by atoms with Gasteiger partial charge in [-0.2, -0.15) is 0 Å². The second-order valence-corrected chi connectivity index (χ2v) is 6.88. The van der Waals surface area contributed by atoms with E-state index in [1.807, 2.05) is 12.1 Å². The summed E-state index contributed by atoms with van der Waals surface area (Å²) in [5, 5.41) is 8.01. The molecule has 1 aromatic heterocycles. The van der Waals surface area contributed by atoms with E-state index in [0.717, 1.165) is 24.5 Å². The molecule has 7 nitrogen and oxygen atoms in total. The number of nitrogens with zero attached hydrogens (tertiary/aromatic N) is 2. The summed E-state index contributed by atoms with van der Waals surface area (Å²) in [6.07, 6.45) is 10.7. The van der Waals surface area contributed by atoms with Gasteiger partial charge >= 0.3 is 6.03 Å². The maximum absolute atomic E-state index is 12.0. The van der Waals surface area contributed by atoms with Crippen LogP contribution in [0.1, 0.15) is 30.4 Å². The highest BCUT2D eigenvalue weighted by atomic mass is 16.2. The quantitative estimate of drug-likeness (QED) is 0.661. The number of aromatic nitrogens is 1. The summed E-state index contributed by atoms with van der Waals surface area (Å²) in [7, 11) is 0. The molecule has 2 heterocycles. The van der Waals surface area contributed by atoms with Gasteiger partial charge in [-0.3, -0.25) is 4.79 Å². The van der Waals surface area contributed by atoms with Gasteiger partial charge in [0.1, 0.15) is 5.82 Å². The Bertz CT molecular complexity index is 900. The largest absolute Gasteiger partial charge is 0.357 e. The molecule has 1 aliphatic heterocycles. The lowest BCUT2D eigenvalue weighted by Gasteiger charge is -2.27. The van der Waals surface area contributed by atoms with E-state index >= 15 is 0 Å². The van der Waals surface area contributed by atoms with Crippen molar-refractivity contribution in [2.24, 2.45) is 0 Å². The molecule has 0 saturated carbocycles. The number of rotatable bonds is 6. The molecule has 0 atom stereocenters. The lowest BCUT2D eigenvalue weighted by molar-refractivity contribution is -0.115. The molecule has 7 heteroatoms. The molecule has 0 unspecified atom stereocenters. The third-order valence-corrected chi connectivity index (χ3v) is 4.67. The van der Waals surface area contributed by atoms with Crippen LogP contribution in [0.4, 0.5) is 16.3 Å². The molecule has 1 aliphatic rings. The van der Waals surface area contributed by atoms with E-state index in [1.165, 1.54) is 19.3 Å². The van der Waals surface area contributed by atoms with Crippen LogP contribution in [-0.4, -0.2) is 36.6 Å². The number of amides is 3. The zero-order chi connectivity index (χ0) is 20.5. The van der Waals surface area contributed by atoms with E-state index in [-0.39, 0.29) is 12.5 Å².